The van der Waals surface area contributed by atoms with E-state index in [9.17, 15) is 14.7 Å². The van der Waals surface area contributed by atoms with Gasteiger partial charge in [-0.05, 0) is 48.9 Å². The number of hydrogen-bond acceptors (Lipinski definition) is 9. The Hall–Kier alpha value is -3.28. The van der Waals surface area contributed by atoms with Crippen LogP contribution >= 0.6 is 22.9 Å². The summed E-state index contributed by atoms with van der Waals surface area (Å²) in [5.74, 6) is -0.252. The normalized spacial score (nSPS) is 10.3. The number of benzene rings is 2. The number of anilines is 5. The van der Waals surface area contributed by atoms with Crippen molar-refractivity contribution in [3.05, 3.63) is 59.7 Å². The van der Waals surface area contributed by atoms with Crippen molar-refractivity contribution in [1.29, 1.82) is 0 Å². The minimum absolute atomic E-state index is 0.0123. The standard InChI is InChI=1S/C19H17IN6O3/c1-11(27)12-3-7-14(8-4-12)21-17-23-18(25-19(24-17)26(2)20)22-15-9-5-13(6-10-15)16(28)29/h3-10H,1-2H3,(H,28,29)(H2,21,22,23,24,25)/p-1. The number of rotatable bonds is 7. The van der Waals surface area contributed by atoms with Crippen molar-refractivity contribution in [2.45, 2.75) is 6.92 Å². The van der Waals surface area contributed by atoms with E-state index in [1.807, 2.05) is 22.9 Å². The Labute approximate surface area is 180 Å². The van der Waals surface area contributed by atoms with Gasteiger partial charge in [0, 0.05) is 24.0 Å². The molecule has 0 radical (unpaired) electrons. The zero-order valence-electron chi connectivity index (χ0n) is 15.5. The van der Waals surface area contributed by atoms with Crippen molar-refractivity contribution in [1.82, 2.24) is 15.0 Å². The highest BCUT2D eigenvalue weighted by molar-refractivity contribution is 14.1. The Morgan fingerprint density at radius 3 is 1.69 bits per heavy atom. The Bertz CT molecular complexity index is 961. The second-order valence-electron chi connectivity index (χ2n) is 6.01. The van der Waals surface area contributed by atoms with E-state index < -0.39 is 5.97 Å². The number of nitrogens with one attached hydrogen (secondary N) is 2. The van der Waals surface area contributed by atoms with Crippen molar-refractivity contribution in [3.8, 4) is 0 Å². The van der Waals surface area contributed by atoms with Gasteiger partial charge in [-0.1, -0.05) is 12.1 Å². The predicted octanol–water partition coefficient (Wildman–Crippen LogP) is 2.71. The van der Waals surface area contributed by atoms with Gasteiger partial charge in [0.25, 0.3) is 0 Å². The van der Waals surface area contributed by atoms with Crippen LogP contribution in [0.15, 0.2) is 48.5 Å². The minimum atomic E-state index is -1.24. The molecule has 3 aromatic rings. The van der Waals surface area contributed by atoms with Crippen LogP contribution in [0.3, 0.4) is 0 Å². The van der Waals surface area contributed by atoms with Crippen LogP contribution in [0.25, 0.3) is 0 Å². The maximum Gasteiger partial charge on any atom is 0.240 e. The molecule has 1 heterocycles. The summed E-state index contributed by atoms with van der Waals surface area (Å²) >= 11 is 2.04. The molecule has 2 N–H and O–H groups in total. The fraction of sp³-hybridized carbons (Fsp3) is 0.105. The average molecular weight is 503 g/mol. The molecular formula is C19H16IN6O3-. The number of ketones is 1. The third-order valence-corrected chi connectivity index (χ3v) is 4.26. The summed E-state index contributed by atoms with van der Waals surface area (Å²) < 4.78 is 1.70. The lowest BCUT2D eigenvalue weighted by molar-refractivity contribution is -0.255. The van der Waals surface area contributed by atoms with E-state index in [4.69, 9.17) is 0 Å². The molecule has 29 heavy (non-hydrogen) atoms. The molecule has 2 aromatic carbocycles. The van der Waals surface area contributed by atoms with E-state index in [1.165, 1.54) is 19.1 Å². The van der Waals surface area contributed by atoms with Gasteiger partial charge in [0.15, 0.2) is 5.78 Å². The molecule has 0 aliphatic rings. The molecule has 0 atom stereocenters. The highest BCUT2D eigenvalue weighted by Gasteiger charge is 2.10. The highest BCUT2D eigenvalue weighted by Crippen LogP contribution is 2.21. The summed E-state index contributed by atoms with van der Waals surface area (Å²) in [4.78, 5) is 35.3. The Morgan fingerprint density at radius 2 is 1.31 bits per heavy atom. The number of nitrogens with zero attached hydrogens (tertiary/aromatic N) is 4. The summed E-state index contributed by atoms with van der Waals surface area (Å²) in [6.45, 7) is 1.51. The lowest BCUT2D eigenvalue weighted by Crippen LogP contribution is -2.21. The van der Waals surface area contributed by atoms with E-state index >= 15 is 0 Å². The molecule has 0 fully saturated rings. The van der Waals surface area contributed by atoms with Crippen LogP contribution < -0.4 is 18.9 Å². The van der Waals surface area contributed by atoms with E-state index in [-0.39, 0.29) is 17.3 Å². The third-order valence-electron chi connectivity index (χ3n) is 3.82. The fourth-order valence-electron chi connectivity index (χ4n) is 2.35. The summed E-state index contributed by atoms with van der Waals surface area (Å²) in [6.07, 6.45) is 0. The zero-order valence-corrected chi connectivity index (χ0v) is 17.7. The summed E-state index contributed by atoms with van der Waals surface area (Å²) in [7, 11) is 1.79. The SMILES string of the molecule is CC(=O)c1ccc(Nc2nc(Nc3ccc(C(=O)[O-])cc3)nc(N(C)I)n2)cc1. The third kappa shape index (κ3) is 5.38. The molecule has 10 heteroatoms. The number of halogens is 1. The van der Waals surface area contributed by atoms with Crippen LogP contribution in [0.2, 0.25) is 0 Å². The van der Waals surface area contributed by atoms with E-state index in [2.05, 4.69) is 25.6 Å². The van der Waals surface area contributed by atoms with Crippen LogP contribution in [0.4, 0.5) is 29.2 Å². The van der Waals surface area contributed by atoms with Gasteiger partial charge in [0.1, 0.15) is 0 Å². The van der Waals surface area contributed by atoms with Gasteiger partial charge in [-0.3, -0.25) is 7.91 Å². The molecule has 0 saturated heterocycles. The van der Waals surface area contributed by atoms with Crippen molar-refractivity contribution in [3.63, 3.8) is 0 Å². The fourth-order valence-corrected chi connectivity index (χ4v) is 2.57. The molecule has 0 saturated carbocycles. The lowest BCUT2D eigenvalue weighted by atomic mass is 10.1. The number of hydrogen-bond donors (Lipinski definition) is 2. The molecule has 0 aliphatic carbocycles. The first-order valence-electron chi connectivity index (χ1n) is 8.44. The van der Waals surface area contributed by atoms with Gasteiger partial charge in [-0.2, -0.15) is 15.0 Å². The van der Waals surface area contributed by atoms with Gasteiger partial charge in [0.2, 0.25) is 17.8 Å². The number of Topliss-reactive ketones (excluding diaryl/α,β-unsaturated/α-hetero) is 1. The lowest BCUT2D eigenvalue weighted by Gasteiger charge is -2.13. The van der Waals surface area contributed by atoms with Crippen molar-refractivity contribution in [2.75, 3.05) is 20.8 Å². The molecule has 148 valence electrons. The van der Waals surface area contributed by atoms with E-state index in [0.29, 0.717) is 28.8 Å². The summed E-state index contributed by atoms with van der Waals surface area (Å²) in [5.41, 5.74) is 2.02. The maximum absolute atomic E-state index is 11.4. The van der Waals surface area contributed by atoms with Crippen LogP contribution in [-0.4, -0.2) is 33.8 Å². The number of carbonyl (C=O) groups is 2. The van der Waals surface area contributed by atoms with Crippen molar-refractivity contribution >= 4 is 63.8 Å². The Kier molecular flexibility index (Phi) is 6.22. The van der Waals surface area contributed by atoms with Crippen LogP contribution in [0, 0.1) is 0 Å². The topological polar surface area (TPSA) is 123 Å². The van der Waals surface area contributed by atoms with Gasteiger partial charge in [0.05, 0.1) is 28.8 Å². The average Bonchev–Trinajstić information content (AvgIpc) is 2.68. The molecule has 0 spiro atoms. The molecule has 0 unspecified atom stereocenters. The van der Waals surface area contributed by atoms with E-state index in [0.717, 1.165) is 0 Å². The van der Waals surface area contributed by atoms with Crippen LogP contribution in [0.1, 0.15) is 27.6 Å². The Balaban J connectivity index is 1.85. The number of aromatic nitrogens is 3. The van der Waals surface area contributed by atoms with E-state index in [1.54, 1.807) is 46.6 Å². The molecule has 0 amide bonds. The first-order valence-corrected chi connectivity index (χ1v) is 9.40. The monoisotopic (exact) mass is 503 g/mol. The van der Waals surface area contributed by atoms with Gasteiger partial charge < -0.3 is 20.5 Å². The maximum atomic E-state index is 11.4. The van der Waals surface area contributed by atoms with Gasteiger partial charge >= 0.3 is 0 Å². The second kappa shape index (κ2) is 8.82. The zero-order chi connectivity index (χ0) is 21.0. The van der Waals surface area contributed by atoms with Gasteiger partial charge in [-0.15, -0.1) is 0 Å². The molecule has 0 aliphatic heterocycles. The molecule has 0 bridgehead atoms. The largest absolute Gasteiger partial charge is 0.545 e. The minimum Gasteiger partial charge on any atom is -0.545 e. The summed E-state index contributed by atoms with van der Waals surface area (Å²) in [6, 6.07) is 13.0. The first kappa shape index (κ1) is 20.5. The van der Waals surface area contributed by atoms with Gasteiger partial charge in [-0.25, -0.2) is 0 Å². The number of aromatic carboxylic acids is 1. The predicted molar refractivity (Wildman–Crippen MR) is 116 cm³/mol. The van der Waals surface area contributed by atoms with Crippen molar-refractivity contribution in [2.24, 2.45) is 0 Å². The quantitative estimate of drug-likeness (QED) is 0.285. The van der Waals surface area contributed by atoms with Crippen LogP contribution in [-0.2, 0) is 0 Å². The summed E-state index contributed by atoms with van der Waals surface area (Å²) in [5, 5.41) is 17.0. The molecule has 3 rings (SSSR count). The number of carboxylic acid groups (broad SMARTS) is 1. The molecule has 1 aromatic heterocycles. The van der Waals surface area contributed by atoms with Crippen molar-refractivity contribution < 1.29 is 14.7 Å². The number of carboxylic acids is 1. The smallest absolute Gasteiger partial charge is 0.240 e. The second-order valence-corrected chi connectivity index (χ2v) is 7.46. The molecular weight excluding hydrogens is 487 g/mol. The number of carbonyl (C=O) groups excluding carboxylic acids is 2. The highest BCUT2D eigenvalue weighted by atomic mass is 127. The molecule has 9 nitrogen and oxygen atoms in total. The first-order chi connectivity index (χ1) is 13.8. The Morgan fingerprint density at radius 1 is 0.862 bits per heavy atom. The van der Waals surface area contributed by atoms with Crippen LogP contribution in [0.5, 0.6) is 0 Å².